The average molecular weight is 314 g/mol. The third-order valence-electron chi connectivity index (χ3n) is 2.72. The van der Waals surface area contributed by atoms with E-state index < -0.39 is 16.6 Å². The third-order valence-corrected chi connectivity index (χ3v) is 3.00. The molecule has 0 aliphatic heterocycles. The molecule has 0 atom stereocenters. The Morgan fingerprint density at radius 1 is 1.14 bits per heavy atom. The summed E-state index contributed by atoms with van der Waals surface area (Å²) in [5, 5.41) is 10.7. The van der Waals surface area contributed by atoms with Crippen molar-refractivity contribution in [1.82, 2.24) is 0 Å². The lowest BCUT2D eigenvalue weighted by Crippen LogP contribution is -2.00. The number of rotatable bonds is 5. The summed E-state index contributed by atoms with van der Waals surface area (Å²) in [5.41, 5.74) is 0.643. The van der Waals surface area contributed by atoms with Crippen LogP contribution in [0.15, 0.2) is 36.4 Å². The van der Waals surface area contributed by atoms with Crippen LogP contribution in [0, 0.1) is 21.7 Å². The zero-order valence-electron chi connectivity index (χ0n) is 10.7. The van der Waals surface area contributed by atoms with Crippen LogP contribution < -0.4 is 4.74 Å². The van der Waals surface area contributed by atoms with Gasteiger partial charge in [-0.25, -0.2) is 8.78 Å². The summed E-state index contributed by atoms with van der Waals surface area (Å²) in [4.78, 5) is 10.1. The van der Waals surface area contributed by atoms with Crippen LogP contribution in [0.2, 0.25) is 0 Å². The first-order chi connectivity index (χ1) is 9.99. The number of nitro benzene ring substituents is 1. The van der Waals surface area contributed by atoms with Crippen LogP contribution in [-0.4, -0.2) is 4.92 Å². The first-order valence-electron chi connectivity index (χ1n) is 5.90. The van der Waals surface area contributed by atoms with Gasteiger partial charge in [0, 0.05) is 23.8 Å². The Hall–Kier alpha value is -2.21. The number of benzene rings is 2. The summed E-state index contributed by atoms with van der Waals surface area (Å²) in [6.07, 6.45) is 0. The minimum Gasteiger partial charge on any atom is -0.489 e. The lowest BCUT2D eigenvalue weighted by molar-refractivity contribution is -0.384. The van der Waals surface area contributed by atoms with E-state index in [0.29, 0.717) is 16.9 Å². The molecule has 0 unspecified atom stereocenters. The number of ether oxygens (including phenoxy) is 1. The lowest BCUT2D eigenvalue weighted by atomic mass is 10.2. The molecule has 0 spiro atoms. The second kappa shape index (κ2) is 6.49. The fraction of sp³-hybridized carbons (Fsp3) is 0.143. The van der Waals surface area contributed by atoms with Gasteiger partial charge in [0.1, 0.15) is 24.0 Å². The summed E-state index contributed by atoms with van der Waals surface area (Å²) in [6.45, 7) is -0.0730. The first kappa shape index (κ1) is 15.2. The van der Waals surface area contributed by atoms with Gasteiger partial charge < -0.3 is 4.74 Å². The molecule has 2 aromatic rings. The monoisotopic (exact) mass is 313 g/mol. The number of hydrogen-bond acceptors (Lipinski definition) is 3. The van der Waals surface area contributed by atoms with Crippen LogP contribution in [-0.2, 0) is 12.5 Å². The summed E-state index contributed by atoms with van der Waals surface area (Å²) in [6, 6.07) is 7.04. The van der Waals surface area contributed by atoms with Crippen LogP contribution in [0.3, 0.4) is 0 Å². The van der Waals surface area contributed by atoms with E-state index in [-0.39, 0.29) is 18.2 Å². The SMILES string of the molecule is O=[N+]([O-])c1ccc(OCc2cc(F)cc(F)c2)c(CCl)c1. The maximum Gasteiger partial charge on any atom is 0.270 e. The van der Waals surface area contributed by atoms with E-state index in [2.05, 4.69) is 0 Å². The van der Waals surface area contributed by atoms with Crippen molar-refractivity contribution in [2.75, 3.05) is 0 Å². The Balaban J connectivity index is 2.17. The first-order valence-corrected chi connectivity index (χ1v) is 6.44. The Kier molecular flexibility index (Phi) is 4.70. The van der Waals surface area contributed by atoms with E-state index in [9.17, 15) is 18.9 Å². The van der Waals surface area contributed by atoms with Crippen molar-refractivity contribution in [2.45, 2.75) is 12.5 Å². The van der Waals surface area contributed by atoms with Crippen molar-refractivity contribution >= 4 is 17.3 Å². The van der Waals surface area contributed by atoms with Crippen LogP contribution in [0.5, 0.6) is 5.75 Å². The predicted octanol–water partition coefficient (Wildman–Crippen LogP) is 4.19. The van der Waals surface area contributed by atoms with Crippen LogP contribution in [0.1, 0.15) is 11.1 Å². The second-order valence-electron chi connectivity index (χ2n) is 4.25. The Labute approximate surface area is 124 Å². The normalized spacial score (nSPS) is 10.4. The molecule has 2 aromatic carbocycles. The van der Waals surface area contributed by atoms with Crippen molar-refractivity contribution < 1.29 is 18.4 Å². The summed E-state index contributed by atoms with van der Waals surface area (Å²) >= 11 is 5.72. The zero-order valence-corrected chi connectivity index (χ0v) is 11.4. The minimum atomic E-state index is -0.699. The quantitative estimate of drug-likeness (QED) is 0.472. The molecule has 4 nitrogen and oxygen atoms in total. The van der Waals surface area contributed by atoms with Crippen molar-refractivity contribution in [3.63, 3.8) is 0 Å². The number of nitrogens with zero attached hydrogens (tertiary/aromatic N) is 1. The molecule has 0 saturated carbocycles. The fourth-order valence-corrected chi connectivity index (χ4v) is 1.99. The highest BCUT2D eigenvalue weighted by molar-refractivity contribution is 6.17. The molecule has 7 heteroatoms. The van der Waals surface area contributed by atoms with E-state index in [1.165, 1.54) is 18.2 Å². The Bertz CT molecular complexity index is 659. The highest BCUT2D eigenvalue weighted by atomic mass is 35.5. The summed E-state index contributed by atoms with van der Waals surface area (Å²) in [7, 11) is 0. The maximum atomic E-state index is 13.0. The molecule has 110 valence electrons. The molecule has 0 aliphatic rings. The van der Waals surface area contributed by atoms with E-state index in [0.717, 1.165) is 18.2 Å². The number of halogens is 3. The molecular weight excluding hydrogens is 304 g/mol. The molecule has 0 heterocycles. The molecule has 0 aromatic heterocycles. The average Bonchev–Trinajstić information content (AvgIpc) is 2.43. The molecular formula is C14H10ClF2NO3. The molecule has 0 saturated heterocycles. The van der Waals surface area contributed by atoms with Gasteiger partial charge in [0.25, 0.3) is 5.69 Å². The molecule has 2 rings (SSSR count). The maximum absolute atomic E-state index is 13.0. The number of non-ortho nitro benzene ring substituents is 1. The van der Waals surface area contributed by atoms with Crippen molar-refractivity contribution in [3.8, 4) is 5.75 Å². The topological polar surface area (TPSA) is 52.4 Å². The zero-order chi connectivity index (χ0) is 15.4. The number of hydrogen-bond donors (Lipinski definition) is 0. The Morgan fingerprint density at radius 3 is 2.38 bits per heavy atom. The predicted molar refractivity (Wildman–Crippen MR) is 73.3 cm³/mol. The van der Waals surface area contributed by atoms with Gasteiger partial charge in [-0.1, -0.05) is 0 Å². The van der Waals surface area contributed by atoms with E-state index in [1.807, 2.05) is 0 Å². The summed E-state index contributed by atoms with van der Waals surface area (Å²) < 4.78 is 31.5. The van der Waals surface area contributed by atoms with Crippen LogP contribution in [0.4, 0.5) is 14.5 Å². The number of nitro groups is 1. The van der Waals surface area contributed by atoms with Gasteiger partial charge in [-0.2, -0.15) is 0 Å². The minimum absolute atomic E-state index is 0.0223. The van der Waals surface area contributed by atoms with E-state index in [4.69, 9.17) is 16.3 Å². The fourth-order valence-electron chi connectivity index (χ4n) is 1.78. The van der Waals surface area contributed by atoms with Gasteiger partial charge in [0.2, 0.25) is 0 Å². The van der Waals surface area contributed by atoms with Crippen molar-refractivity contribution in [1.29, 1.82) is 0 Å². The van der Waals surface area contributed by atoms with Gasteiger partial charge in [0.05, 0.1) is 10.8 Å². The van der Waals surface area contributed by atoms with Crippen molar-refractivity contribution in [3.05, 3.63) is 69.3 Å². The number of alkyl halides is 1. The van der Waals surface area contributed by atoms with Gasteiger partial charge in [-0.05, 0) is 23.8 Å². The van der Waals surface area contributed by atoms with Crippen LogP contribution in [0.25, 0.3) is 0 Å². The van der Waals surface area contributed by atoms with Gasteiger partial charge in [-0.15, -0.1) is 11.6 Å². The molecule has 0 N–H and O–H groups in total. The second-order valence-corrected chi connectivity index (χ2v) is 4.52. The van der Waals surface area contributed by atoms with Gasteiger partial charge in [0.15, 0.2) is 0 Å². The van der Waals surface area contributed by atoms with Gasteiger partial charge >= 0.3 is 0 Å². The highest BCUT2D eigenvalue weighted by Crippen LogP contribution is 2.26. The van der Waals surface area contributed by atoms with E-state index in [1.54, 1.807) is 0 Å². The molecule has 21 heavy (non-hydrogen) atoms. The largest absolute Gasteiger partial charge is 0.489 e. The highest BCUT2D eigenvalue weighted by Gasteiger charge is 2.11. The van der Waals surface area contributed by atoms with Crippen molar-refractivity contribution in [2.24, 2.45) is 0 Å². The summed E-state index contributed by atoms with van der Waals surface area (Å²) in [5.74, 6) is -1.04. The molecule has 0 fully saturated rings. The molecule has 0 aliphatic carbocycles. The lowest BCUT2D eigenvalue weighted by Gasteiger charge is -2.10. The van der Waals surface area contributed by atoms with Gasteiger partial charge in [-0.3, -0.25) is 10.1 Å². The Morgan fingerprint density at radius 2 is 1.81 bits per heavy atom. The smallest absolute Gasteiger partial charge is 0.270 e. The third kappa shape index (κ3) is 3.88. The molecule has 0 bridgehead atoms. The van der Waals surface area contributed by atoms with Crippen LogP contribution >= 0.6 is 11.6 Å². The van der Waals surface area contributed by atoms with E-state index >= 15 is 0 Å². The molecule has 0 amide bonds. The molecule has 0 radical (unpaired) electrons. The standard InChI is InChI=1S/C14H10ClF2NO3/c15-7-10-5-13(18(19)20)1-2-14(10)21-8-9-3-11(16)6-12(17)4-9/h1-6H,7-8H2.